The van der Waals surface area contributed by atoms with E-state index in [1.165, 1.54) is 48.5 Å². The van der Waals surface area contributed by atoms with Crippen molar-refractivity contribution in [1.82, 2.24) is 69.8 Å². The zero-order valence-electron chi connectivity index (χ0n) is 61.2. The minimum absolute atomic E-state index is 0. The van der Waals surface area contributed by atoms with Crippen LogP contribution >= 0.6 is 63.7 Å². The van der Waals surface area contributed by atoms with E-state index in [0.717, 1.165) is 76.6 Å². The van der Waals surface area contributed by atoms with E-state index in [4.69, 9.17) is 9.84 Å². The molecule has 6 amide bonds. The Labute approximate surface area is 674 Å². The second kappa shape index (κ2) is 38.2. The second-order valence-corrected chi connectivity index (χ2v) is 31.1. The maximum Gasteiger partial charge on any atom is 0.307 e. The van der Waals surface area contributed by atoms with E-state index >= 15 is 0 Å². The summed E-state index contributed by atoms with van der Waals surface area (Å²) in [6.07, 6.45) is 0.534. The van der Waals surface area contributed by atoms with Crippen molar-refractivity contribution in [3.05, 3.63) is 186 Å². The van der Waals surface area contributed by atoms with Crippen molar-refractivity contribution >= 4 is 111 Å². The van der Waals surface area contributed by atoms with Gasteiger partial charge in [-0.1, -0.05) is 56.0 Å². The van der Waals surface area contributed by atoms with Gasteiger partial charge in [-0.15, -0.1) is 0 Å². The highest BCUT2D eigenvalue weighted by Gasteiger charge is 2.36. The minimum Gasteiger partial charge on any atom is -0.481 e. The van der Waals surface area contributed by atoms with Gasteiger partial charge in [0.05, 0.1) is 62.0 Å². The summed E-state index contributed by atoms with van der Waals surface area (Å²) < 4.78 is 69.1. The number of carbonyl (C=O) groups is 8. The fraction of sp³-hybridized carbons (Fsp3) is 0.392. The summed E-state index contributed by atoms with van der Waals surface area (Å²) in [5, 5.41) is 26.4. The number of rotatable bonds is 19. The van der Waals surface area contributed by atoms with Crippen LogP contribution < -0.4 is 31.9 Å². The maximum absolute atomic E-state index is 13.7. The molecule has 0 bridgehead atoms. The summed E-state index contributed by atoms with van der Waals surface area (Å²) in [7, 11) is 4.25. The average Bonchev–Trinajstić information content (AvgIpc) is 1.64. The molecule has 14 rings (SSSR count). The molecule has 592 valence electrons. The number of benzene rings is 4. The van der Waals surface area contributed by atoms with Gasteiger partial charge in [-0.2, -0.15) is 0 Å². The number of aromatic nitrogens is 4. The van der Waals surface area contributed by atoms with E-state index < -0.39 is 5.97 Å². The number of fused-ring (bicyclic) bond motifs is 4. The number of esters is 1. The van der Waals surface area contributed by atoms with Gasteiger partial charge in [0, 0.05) is 139 Å². The molecule has 7 N–H and O–H groups in total. The summed E-state index contributed by atoms with van der Waals surface area (Å²) in [5.41, 5.74) is 7.17. The summed E-state index contributed by atoms with van der Waals surface area (Å²) in [4.78, 5) is 107. The number of nitrogens with zero attached hydrogens (tertiary/aromatic N) is 8. The van der Waals surface area contributed by atoms with Gasteiger partial charge in [0.2, 0.25) is 11.8 Å². The fourth-order valence-electron chi connectivity index (χ4n) is 14.4. The number of amides is 6. The molecule has 2 saturated heterocycles. The predicted molar refractivity (Wildman–Crippen MR) is 428 cm³/mol. The summed E-state index contributed by atoms with van der Waals surface area (Å²) in [5.74, 6) is -3.67. The monoisotopic (exact) mass is 1790 g/mol. The third-order valence-corrected chi connectivity index (χ3v) is 23.1. The van der Waals surface area contributed by atoms with Crippen LogP contribution in [0.15, 0.2) is 140 Å². The van der Waals surface area contributed by atoms with Crippen molar-refractivity contribution in [2.24, 2.45) is 0 Å². The van der Waals surface area contributed by atoms with Crippen LogP contribution in [-0.2, 0) is 23.9 Å². The topological polar surface area (TPSA) is 271 Å². The third-order valence-electron chi connectivity index (χ3n) is 19.9. The number of aliphatic carboxylic acids is 1. The Morgan fingerprint density at radius 1 is 0.450 bits per heavy atom. The molecule has 111 heavy (non-hydrogen) atoms. The zero-order valence-corrected chi connectivity index (χ0v) is 67.5. The molecule has 24 nitrogen and oxygen atoms in total. The number of hydrogen-bond donors (Lipinski definition) is 7. The Balaban J connectivity index is 0.000000159. The molecule has 2 unspecified atom stereocenters. The number of likely N-dealkylation sites (N-methyl/N-ethyl adjacent to an activating group) is 2. The first-order valence-corrected chi connectivity index (χ1v) is 39.4. The molecule has 6 aliphatic heterocycles. The van der Waals surface area contributed by atoms with Gasteiger partial charge >= 0.3 is 11.9 Å². The van der Waals surface area contributed by atoms with Gasteiger partial charge in [0.1, 0.15) is 46.0 Å². The molecule has 10 heterocycles. The highest BCUT2D eigenvalue weighted by atomic mass is 79.9. The smallest absolute Gasteiger partial charge is 0.307 e. The predicted octanol–water partition coefficient (Wildman–Crippen LogP) is 11.7. The standard InChI is InChI=1S/2C23H29BrFN5O2.C17H16BrFN2O3.C15H12BrFN2O3.CH4/c2*1-15(14-29-8-6-28(2)7-9-29)27-21(31)11-18-13-26-23(32)20-12-19(22(24)30(18)20)16-4-3-5-17(25)10-16;1-2-24-15(22)7-12-9-20-17(23)14-8-13(16(18)21(12)14)10-4-3-5-11(19)6-10;16-14-11(8-2-1-3-9(17)4-8)6-12-15(22)18-7-10(19(12)14)5-13(20)21;/h2*3-5,10,12,15,18H,6-9,11,13-14H2,1-2H3,(H,26,32)(H,27,31);3-6,8,12H,2,7,9H2,1H3,(H,20,23);1-4,6,10H,5,7H2,(H,18,22)(H,20,21);1H4/t15-,18+;15-,18-;;;/m00.../s1. The Morgan fingerprint density at radius 2 is 0.721 bits per heavy atom. The zero-order chi connectivity index (χ0) is 78.8. The van der Waals surface area contributed by atoms with Gasteiger partial charge in [0.25, 0.3) is 23.6 Å². The molecule has 4 aromatic carbocycles. The van der Waals surface area contributed by atoms with Crippen LogP contribution in [-0.4, -0.2) is 215 Å². The number of piperazine rings is 2. The van der Waals surface area contributed by atoms with Gasteiger partial charge in [0.15, 0.2) is 0 Å². The number of carbonyl (C=O) groups excluding carboxylic acids is 7. The van der Waals surface area contributed by atoms with Crippen molar-refractivity contribution in [2.45, 2.75) is 90.1 Å². The molecule has 0 radical (unpaired) electrons. The van der Waals surface area contributed by atoms with Crippen molar-refractivity contribution in [1.29, 1.82) is 0 Å². The van der Waals surface area contributed by atoms with Crippen LogP contribution in [0.1, 0.15) is 120 Å². The van der Waals surface area contributed by atoms with Crippen molar-refractivity contribution in [3.63, 3.8) is 0 Å². The minimum atomic E-state index is -0.944. The SMILES string of the molecule is C.CCOC(=O)CC1CNC(=O)c2cc(-c3cccc(F)c3)c(Br)n21.C[C@@H](CN1CCN(C)CC1)NC(=O)C[C@@H]1CNC(=O)c2cc(-c3cccc(F)c3)c(Br)n21.C[C@@H](CN1CCN(C)CC1)NC(=O)C[C@H]1CNC(=O)c2cc(-c3cccc(F)c3)c(Br)n21.O=C(O)CC1CNC(=O)c2cc(-c3cccc(F)c3)c(Br)n21. The fourth-order valence-corrected chi connectivity index (χ4v) is 17.7. The van der Waals surface area contributed by atoms with E-state index in [2.05, 4.69) is 129 Å². The van der Waals surface area contributed by atoms with Crippen LogP contribution in [0, 0.1) is 23.3 Å². The lowest BCUT2D eigenvalue weighted by molar-refractivity contribution is -0.144. The quantitative estimate of drug-likeness (QED) is 0.0293. The molecule has 0 saturated carbocycles. The second-order valence-electron chi connectivity index (χ2n) is 28.1. The molecule has 8 aromatic rings. The van der Waals surface area contributed by atoms with Crippen LogP contribution in [0.5, 0.6) is 0 Å². The average molecular weight is 1790 g/mol. The van der Waals surface area contributed by atoms with E-state index in [9.17, 15) is 55.9 Å². The Morgan fingerprint density at radius 3 is 0.982 bits per heavy atom. The van der Waals surface area contributed by atoms with Crippen LogP contribution in [0.3, 0.4) is 0 Å². The highest BCUT2D eigenvalue weighted by molar-refractivity contribution is 9.11. The summed E-state index contributed by atoms with van der Waals surface area (Å²) in [6.45, 7) is 17.3. The molecule has 0 aliphatic carbocycles. The lowest BCUT2D eigenvalue weighted by Crippen LogP contribution is -2.50. The number of carboxylic acid groups (broad SMARTS) is 1. The van der Waals surface area contributed by atoms with Crippen LogP contribution in [0.4, 0.5) is 17.6 Å². The lowest BCUT2D eigenvalue weighted by Gasteiger charge is -2.34. The largest absolute Gasteiger partial charge is 0.481 e. The molecule has 6 atom stereocenters. The first kappa shape index (κ1) is 84.7. The van der Waals surface area contributed by atoms with Gasteiger partial charge in [-0.05, 0) is 194 Å². The Hall–Kier alpha value is -8.76. The van der Waals surface area contributed by atoms with Gasteiger partial charge in [-0.3, -0.25) is 48.2 Å². The Bertz CT molecular complexity index is 4580. The molecule has 2 fully saturated rings. The van der Waals surface area contributed by atoms with Crippen molar-refractivity contribution < 1.29 is 65.8 Å². The lowest BCUT2D eigenvalue weighted by atomic mass is 10.1. The van der Waals surface area contributed by atoms with E-state index in [1.54, 1.807) is 88.9 Å². The van der Waals surface area contributed by atoms with E-state index in [1.807, 2.05) is 23.0 Å². The number of halogens is 8. The third kappa shape index (κ3) is 20.9. The molecule has 4 aromatic heterocycles. The van der Waals surface area contributed by atoms with Crippen molar-refractivity contribution in [3.8, 4) is 44.5 Å². The van der Waals surface area contributed by atoms with Gasteiger partial charge < -0.3 is 69.8 Å². The van der Waals surface area contributed by atoms with Crippen LogP contribution in [0.2, 0.25) is 0 Å². The van der Waals surface area contributed by atoms with E-state index in [0.29, 0.717) is 101 Å². The number of hydrogen-bond acceptors (Lipinski definition) is 13. The first-order valence-electron chi connectivity index (χ1n) is 36.2. The summed E-state index contributed by atoms with van der Waals surface area (Å²) in [6, 6.07) is 30.5. The molecular formula is C79H90Br4F4N14O10. The maximum atomic E-state index is 13.7. The molecule has 32 heteroatoms. The van der Waals surface area contributed by atoms with E-state index in [-0.39, 0.29) is 141 Å². The first-order chi connectivity index (χ1) is 52.6. The summed E-state index contributed by atoms with van der Waals surface area (Å²) >= 11 is 14.1. The molecule has 0 spiro atoms. The number of nitrogens with one attached hydrogen (secondary N) is 6. The molecule has 6 aliphatic rings. The van der Waals surface area contributed by atoms with Gasteiger partial charge in [-0.25, -0.2) is 17.6 Å². The number of carboxylic acids is 1. The number of ether oxygens (including phenoxy) is 1. The van der Waals surface area contributed by atoms with Crippen LogP contribution in [0.25, 0.3) is 44.5 Å². The molecular weight excluding hydrogens is 1700 g/mol. The normalized spacial score (nSPS) is 18.7. The Kier molecular flexibility index (Phi) is 29.1. The highest BCUT2D eigenvalue weighted by Crippen LogP contribution is 2.41. The van der Waals surface area contributed by atoms with Crippen molar-refractivity contribution in [2.75, 3.05) is 112 Å².